The van der Waals surface area contributed by atoms with Crippen LogP contribution in [-0.2, 0) is 4.74 Å². The summed E-state index contributed by atoms with van der Waals surface area (Å²) in [6, 6.07) is 10.8. The van der Waals surface area contributed by atoms with Crippen LogP contribution in [0, 0.1) is 0 Å². The number of thiophene rings is 1. The second-order valence-electron chi connectivity index (χ2n) is 7.21. The van der Waals surface area contributed by atoms with E-state index >= 15 is 0 Å². The maximum atomic E-state index is 12.8. The Balaban J connectivity index is 1.53. The standard InChI is InChI=1S/C21H23N5O3S/c1-14(2)26-21(28)17-6-4-3-5-16(17)19(24-26)20(27)23-22-13-15-7-8-18(30-15)25-9-11-29-12-10-25/h3-8,13-14H,9-12H2,1-2H3,(H,23,27)/b22-13-. The summed E-state index contributed by atoms with van der Waals surface area (Å²) in [5.74, 6) is -0.457. The van der Waals surface area contributed by atoms with Crippen LogP contribution in [0.4, 0.5) is 5.00 Å². The largest absolute Gasteiger partial charge is 0.378 e. The van der Waals surface area contributed by atoms with Gasteiger partial charge in [0.2, 0.25) is 0 Å². The number of nitrogens with zero attached hydrogens (tertiary/aromatic N) is 4. The van der Waals surface area contributed by atoms with Gasteiger partial charge in [-0.25, -0.2) is 10.1 Å². The second-order valence-corrected chi connectivity index (χ2v) is 8.31. The first kappa shape index (κ1) is 20.2. The minimum absolute atomic E-state index is 0.165. The average molecular weight is 426 g/mol. The minimum atomic E-state index is -0.457. The predicted octanol–water partition coefficient (Wildman–Crippen LogP) is 2.64. The van der Waals surface area contributed by atoms with Gasteiger partial charge in [-0.1, -0.05) is 18.2 Å². The number of anilines is 1. The summed E-state index contributed by atoms with van der Waals surface area (Å²) < 4.78 is 6.71. The van der Waals surface area contributed by atoms with Crippen LogP contribution in [0.25, 0.3) is 10.8 Å². The van der Waals surface area contributed by atoms with Gasteiger partial charge in [0.25, 0.3) is 11.5 Å². The fourth-order valence-electron chi connectivity index (χ4n) is 3.30. The molecule has 0 atom stereocenters. The van der Waals surface area contributed by atoms with E-state index in [0.29, 0.717) is 10.8 Å². The maximum Gasteiger partial charge on any atom is 0.292 e. The van der Waals surface area contributed by atoms with Gasteiger partial charge in [0, 0.05) is 23.4 Å². The number of amides is 1. The van der Waals surface area contributed by atoms with Gasteiger partial charge >= 0.3 is 0 Å². The molecule has 9 heteroatoms. The van der Waals surface area contributed by atoms with Gasteiger partial charge in [0.05, 0.1) is 35.9 Å². The molecule has 0 radical (unpaired) electrons. The van der Waals surface area contributed by atoms with Crippen LogP contribution in [0.2, 0.25) is 0 Å². The Morgan fingerprint density at radius 2 is 1.93 bits per heavy atom. The molecule has 0 aliphatic carbocycles. The van der Waals surface area contributed by atoms with Gasteiger partial charge in [0.1, 0.15) is 0 Å². The smallest absolute Gasteiger partial charge is 0.292 e. The van der Waals surface area contributed by atoms with Crippen molar-refractivity contribution in [1.29, 1.82) is 0 Å². The van der Waals surface area contributed by atoms with Crippen molar-refractivity contribution >= 4 is 39.2 Å². The molecule has 4 rings (SSSR count). The van der Waals surface area contributed by atoms with E-state index in [9.17, 15) is 9.59 Å². The number of morpholine rings is 1. The Morgan fingerprint density at radius 1 is 1.20 bits per heavy atom. The average Bonchev–Trinajstić information content (AvgIpc) is 3.23. The SMILES string of the molecule is CC(C)n1nc(C(=O)N/N=C\c2ccc(N3CCOCC3)s2)c2ccccc2c1=O. The number of ether oxygens (including phenoxy) is 1. The van der Waals surface area contributed by atoms with Crippen molar-refractivity contribution < 1.29 is 9.53 Å². The first-order valence-electron chi connectivity index (χ1n) is 9.82. The second kappa shape index (κ2) is 8.76. The number of hydrogen-bond acceptors (Lipinski definition) is 7. The van der Waals surface area contributed by atoms with Crippen LogP contribution in [0.3, 0.4) is 0 Å². The van der Waals surface area contributed by atoms with Crippen LogP contribution < -0.4 is 15.9 Å². The number of aromatic nitrogens is 2. The first-order chi connectivity index (χ1) is 14.5. The molecule has 1 aromatic carbocycles. The van der Waals surface area contributed by atoms with E-state index in [4.69, 9.17) is 4.74 Å². The summed E-state index contributed by atoms with van der Waals surface area (Å²) in [5.41, 5.74) is 2.50. The predicted molar refractivity (Wildman–Crippen MR) is 119 cm³/mol. The van der Waals surface area contributed by atoms with Gasteiger partial charge < -0.3 is 9.64 Å². The molecule has 1 aliphatic heterocycles. The molecular weight excluding hydrogens is 402 g/mol. The highest BCUT2D eigenvalue weighted by Gasteiger charge is 2.17. The monoisotopic (exact) mass is 425 g/mol. The lowest BCUT2D eigenvalue weighted by Crippen LogP contribution is -2.35. The Morgan fingerprint density at radius 3 is 2.67 bits per heavy atom. The number of carbonyl (C=O) groups is 1. The fourth-order valence-corrected chi connectivity index (χ4v) is 4.23. The van der Waals surface area contributed by atoms with Crippen LogP contribution in [0.1, 0.15) is 35.3 Å². The third-order valence-corrected chi connectivity index (χ3v) is 5.91. The molecule has 0 bridgehead atoms. The summed E-state index contributed by atoms with van der Waals surface area (Å²) in [4.78, 5) is 28.6. The van der Waals surface area contributed by atoms with Crippen molar-refractivity contribution in [3.63, 3.8) is 0 Å². The molecule has 3 aromatic rings. The third kappa shape index (κ3) is 4.12. The van der Waals surface area contributed by atoms with E-state index in [2.05, 4.69) is 20.5 Å². The van der Waals surface area contributed by atoms with Gasteiger partial charge in [0.15, 0.2) is 5.69 Å². The van der Waals surface area contributed by atoms with Gasteiger partial charge in [-0.15, -0.1) is 11.3 Å². The zero-order valence-electron chi connectivity index (χ0n) is 16.9. The Labute approximate surface area is 177 Å². The molecule has 1 aliphatic rings. The summed E-state index contributed by atoms with van der Waals surface area (Å²) in [7, 11) is 0. The molecule has 0 unspecified atom stereocenters. The van der Waals surface area contributed by atoms with Crippen molar-refractivity contribution in [1.82, 2.24) is 15.2 Å². The molecule has 1 N–H and O–H groups in total. The fraction of sp³-hybridized carbons (Fsp3) is 0.333. The molecule has 2 aromatic heterocycles. The minimum Gasteiger partial charge on any atom is -0.378 e. The number of fused-ring (bicyclic) bond motifs is 1. The summed E-state index contributed by atoms with van der Waals surface area (Å²) >= 11 is 1.61. The zero-order valence-corrected chi connectivity index (χ0v) is 17.7. The van der Waals surface area contributed by atoms with Crippen molar-refractivity contribution in [2.24, 2.45) is 5.10 Å². The van der Waals surface area contributed by atoms with E-state index in [-0.39, 0.29) is 17.3 Å². The van der Waals surface area contributed by atoms with E-state index in [1.165, 1.54) is 4.68 Å². The number of rotatable bonds is 5. The molecule has 1 amide bonds. The van der Waals surface area contributed by atoms with E-state index in [1.54, 1.807) is 41.8 Å². The Bertz CT molecular complexity index is 1140. The first-order valence-corrected chi connectivity index (χ1v) is 10.6. The molecule has 1 saturated heterocycles. The molecule has 156 valence electrons. The molecule has 1 fully saturated rings. The van der Waals surface area contributed by atoms with Crippen LogP contribution in [0.5, 0.6) is 0 Å². The number of carbonyl (C=O) groups excluding carboxylic acids is 1. The normalized spacial score (nSPS) is 14.7. The van der Waals surface area contributed by atoms with E-state index in [0.717, 1.165) is 36.2 Å². The van der Waals surface area contributed by atoms with Gasteiger partial charge in [-0.2, -0.15) is 10.2 Å². The molecule has 0 saturated carbocycles. The van der Waals surface area contributed by atoms with Crippen molar-refractivity contribution in [2.75, 3.05) is 31.2 Å². The number of benzene rings is 1. The molecule has 30 heavy (non-hydrogen) atoms. The maximum absolute atomic E-state index is 12.8. The van der Waals surface area contributed by atoms with E-state index < -0.39 is 5.91 Å². The van der Waals surface area contributed by atoms with Crippen LogP contribution in [0.15, 0.2) is 46.3 Å². The van der Waals surface area contributed by atoms with Crippen molar-refractivity contribution in [2.45, 2.75) is 19.9 Å². The van der Waals surface area contributed by atoms with E-state index in [1.807, 2.05) is 26.0 Å². The highest BCUT2D eigenvalue weighted by molar-refractivity contribution is 7.17. The van der Waals surface area contributed by atoms with Gasteiger partial charge in [-0.3, -0.25) is 9.59 Å². The zero-order chi connectivity index (χ0) is 21.1. The van der Waals surface area contributed by atoms with Gasteiger partial charge in [-0.05, 0) is 32.0 Å². The highest BCUT2D eigenvalue weighted by Crippen LogP contribution is 2.25. The molecule has 3 heterocycles. The summed E-state index contributed by atoms with van der Waals surface area (Å²) in [5, 5.41) is 10.5. The van der Waals surface area contributed by atoms with Crippen LogP contribution in [-0.4, -0.2) is 48.2 Å². The topological polar surface area (TPSA) is 88.8 Å². The lowest BCUT2D eigenvalue weighted by Gasteiger charge is -2.27. The number of hydrazone groups is 1. The molecule has 0 spiro atoms. The lowest BCUT2D eigenvalue weighted by molar-refractivity contribution is 0.0949. The summed E-state index contributed by atoms with van der Waals surface area (Å²) in [6.07, 6.45) is 1.62. The third-order valence-electron chi connectivity index (χ3n) is 4.83. The quantitative estimate of drug-likeness (QED) is 0.501. The number of nitrogens with one attached hydrogen (secondary N) is 1. The Kier molecular flexibility index (Phi) is 5.91. The number of hydrogen-bond donors (Lipinski definition) is 1. The molecular formula is C21H23N5O3S. The van der Waals surface area contributed by atoms with Crippen molar-refractivity contribution in [3.05, 3.63) is 57.3 Å². The van der Waals surface area contributed by atoms with Crippen LogP contribution >= 0.6 is 11.3 Å². The van der Waals surface area contributed by atoms with Crippen molar-refractivity contribution in [3.8, 4) is 0 Å². The highest BCUT2D eigenvalue weighted by atomic mass is 32.1. The molecule has 8 nitrogen and oxygen atoms in total. The Hall–Kier alpha value is -3.04. The summed E-state index contributed by atoms with van der Waals surface area (Å²) in [6.45, 7) is 6.92. The lowest BCUT2D eigenvalue weighted by atomic mass is 10.1.